The minimum atomic E-state index is -4.47. The molecule has 1 heterocycles. The molecule has 0 aromatic heterocycles. The van der Waals surface area contributed by atoms with Gasteiger partial charge in [0.05, 0.1) is 23.0 Å². The lowest BCUT2D eigenvalue weighted by molar-refractivity contribution is -0.396. The van der Waals surface area contributed by atoms with E-state index in [4.69, 9.17) is 0 Å². The van der Waals surface area contributed by atoms with Crippen molar-refractivity contribution in [1.82, 2.24) is 4.31 Å². The number of carbonyl (C=O) groups is 1. The molecule has 1 aliphatic heterocycles. The Hall–Kier alpha value is -2.86. The highest BCUT2D eigenvalue weighted by atomic mass is 32.2. The van der Waals surface area contributed by atoms with Crippen LogP contribution in [-0.4, -0.2) is 48.2 Å². The fourth-order valence-corrected chi connectivity index (χ4v) is 4.05. The standard InChI is InChI=1S/C13H13N3O8S/c1-24-13(17)10-4-2-3-7-14(10)25(22,23)12-6-5-9(15(18)19)8-11(12)16(20)21/h2-3,5-6,8,10H,4,7H2,1H3. The van der Waals surface area contributed by atoms with Crippen molar-refractivity contribution < 1.29 is 27.8 Å². The first-order valence-electron chi connectivity index (χ1n) is 6.87. The number of benzene rings is 1. The van der Waals surface area contributed by atoms with Crippen molar-refractivity contribution >= 4 is 27.4 Å². The van der Waals surface area contributed by atoms with Gasteiger partial charge in [0.15, 0.2) is 4.90 Å². The molecule has 2 rings (SSSR count). The van der Waals surface area contributed by atoms with E-state index in [9.17, 15) is 33.4 Å². The van der Waals surface area contributed by atoms with Gasteiger partial charge in [0, 0.05) is 12.6 Å². The number of sulfonamides is 1. The average molecular weight is 371 g/mol. The number of ether oxygens (including phenoxy) is 1. The summed E-state index contributed by atoms with van der Waals surface area (Å²) in [6.45, 7) is -0.184. The lowest BCUT2D eigenvalue weighted by atomic mass is 10.1. The Morgan fingerprint density at radius 2 is 1.92 bits per heavy atom. The van der Waals surface area contributed by atoms with Gasteiger partial charge in [-0.3, -0.25) is 25.0 Å². The van der Waals surface area contributed by atoms with Gasteiger partial charge in [0.1, 0.15) is 6.04 Å². The van der Waals surface area contributed by atoms with Crippen molar-refractivity contribution in [1.29, 1.82) is 0 Å². The first kappa shape index (κ1) is 18.5. The van der Waals surface area contributed by atoms with Crippen molar-refractivity contribution in [2.45, 2.75) is 17.4 Å². The number of hydrogen-bond donors (Lipinski definition) is 0. The number of non-ortho nitro benzene ring substituents is 1. The van der Waals surface area contributed by atoms with Gasteiger partial charge in [0.25, 0.3) is 21.4 Å². The van der Waals surface area contributed by atoms with E-state index in [1.165, 1.54) is 6.08 Å². The first-order valence-corrected chi connectivity index (χ1v) is 8.31. The van der Waals surface area contributed by atoms with Crippen LogP contribution in [0.2, 0.25) is 0 Å². The summed E-state index contributed by atoms with van der Waals surface area (Å²) < 4.78 is 31.0. The lowest BCUT2D eigenvalue weighted by Gasteiger charge is -2.29. The fourth-order valence-electron chi connectivity index (χ4n) is 2.37. The fraction of sp³-hybridized carbons (Fsp3) is 0.308. The number of hydrogen-bond acceptors (Lipinski definition) is 8. The van der Waals surface area contributed by atoms with Gasteiger partial charge in [-0.25, -0.2) is 8.42 Å². The minimum Gasteiger partial charge on any atom is -0.468 e. The van der Waals surface area contributed by atoms with Gasteiger partial charge in [-0.1, -0.05) is 12.2 Å². The first-order chi connectivity index (χ1) is 11.7. The van der Waals surface area contributed by atoms with E-state index in [2.05, 4.69) is 4.74 Å². The molecule has 0 saturated carbocycles. The van der Waals surface area contributed by atoms with Crippen LogP contribution in [0.5, 0.6) is 0 Å². The van der Waals surface area contributed by atoms with Crippen LogP contribution >= 0.6 is 0 Å². The summed E-state index contributed by atoms with van der Waals surface area (Å²) in [5, 5.41) is 22.0. The summed E-state index contributed by atoms with van der Waals surface area (Å²) in [5.41, 5.74) is -1.55. The molecule has 0 saturated heterocycles. The van der Waals surface area contributed by atoms with Gasteiger partial charge in [-0.15, -0.1) is 0 Å². The van der Waals surface area contributed by atoms with Crippen LogP contribution in [0, 0.1) is 20.2 Å². The summed E-state index contributed by atoms with van der Waals surface area (Å²) in [6, 6.07) is 1.04. The molecule has 134 valence electrons. The molecule has 1 aliphatic rings. The Morgan fingerprint density at radius 1 is 1.24 bits per heavy atom. The molecule has 0 aliphatic carbocycles. The maximum atomic E-state index is 12.8. The second-order valence-corrected chi connectivity index (χ2v) is 6.85. The van der Waals surface area contributed by atoms with Crippen LogP contribution in [0.4, 0.5) is 11.4 Å². The Morgan fingerprint density at radius 3 is 2.48 bits per heavy atom. The molecule has 1 aromatic carbocycles. The highest BCUT2D eigenvalue weighted by Crippen LogP contribution is 2.32. The normalized spacial score (nSPS) is 17.9. The number of esters is 1. The summed E-state index contributed by atoms with van der Waals surface area (Å²) in [7, 11) is -3.37. The number of nitro groups is 2. The van der Waals surface area contributed by atoms with Crippen molar-refractivity contribution in [3.8, 4) is 0 Å². The summed E-state index contributed by atoms with van der Waals surface area (Å²) in [6.07, 6.45) is 3.14. The Bertz CT molecular complexity index is 864. The molecular formula is C13H13N3O8S. The lowest BCUT2D eigenvalue weighted by Crippen LogP contribution is -2.47. The summed E-state index contributed by atoms with van der Waals surface area (Å²) >= 11 is 0. The Kier molecular flexibility index (Phi) is 5.13. The van der Waals surface area contributed by atoms with Crippen LogP contribution in [-0.2, 0) is 19.6 Å². The third kappa shape index (κ3) is 3.49. The molecule has 0 amide bonds. The second-order valence-electron chi connectivity index (χ2n) is 4.99. The largest absolute Gasteiger partial charge is 0.468 e. The van der Waals surface area contributed by atoms with Gasteiger partial charge in [-0.05, 0) is 12.5 Å². The second kappa shape index (κ2) is 6.94. The Labute approximate surface area is 141 Å². The van der Waals surface area contributed by atoms with Crippen LogP contribution in [0.3, 0.4) is 0 Å². The third-order valence-electron chi connectivity index (χ3n) is 3.57. The van der Waals surface area contributed by atoms with Crippen LogP contribution in [0.15, 0.2) is 35.2 Å². The monoisotopic (exact) mass is 371 g/mol. The van der Waals surface area contributed by atoms with E-state index in [0.717, 1.165) is 23.5 Å². The molecule has 1 unspecified atom stereocenters. The maximum Gasteiger partial charge on any atom is 0.324 e. The molecule has 1 aromatic rings. The van der Waals surface area contributed by atoms with E-state index in [1.807, 2.05) is 0 Å². The number of carbonyl (C=O) groups excluding carboxylic acids is 1. The van der Waals surface area contributed by atoms with E-state index in [1.54, 1.807) is 6.08 Å². The molecular weight excluding hydrogens is 358 g/mol. The molecule has 1 atom stereocenters. The van der Waals surface area contributed by atoms with Crippen molar-refractivity contribution in [2.24, 2.45) is 0 Å². The summed E-state index contributed by atoms with van der Waals surface area (Å²) in [4.78, 5) is 31.2. The van der Waals surface area contributed by atoms with E-state index in [-0.39, 0.29) is 13.0 Å². The van der Waals surface area contributed by atoms with Crippen LogP contribution < -0.4 is 0 Å². The predicted molar refractivity (Wildman–Crippen MR) is 83.2 cm³/mol. The van der Waals surface area contributed by atoms with Gasteiger partial charge in [0.2, 0.25) is 0 Å². The van der Waals surface area contributed by atoms with E-state index >= 15 is 0 Å². The zero-order valence-corrected chi connectivity index (χ0v) is 13.7. The smallest absolute Gasteiger partial charge is 0.324 e. The molecule has 0 N–H and O–H groups in total. The molecule has 0 bridgehead atoms. The van der Waals surface area contributed by atoms with Crippen molar-refractivity contribution in [2.75, 3.05) is 13.7 Å². The molecule has 0 fully saturated rings. The SMILES string of the molecule is COC(=O)C1CC=CCN1S(=O)(=O)c1ccc([N+](=O)[O-])cc1[N+](=O)[O-]. The quantitative estimate of drug-likeness (QED) is 0.322. The van der Waals surface area contributed by atoms with Gasteiger partial charge >= 0.3 is 5.97 Å². The van der Waals surface area contributed by atoms with Gasteiger partial charge in [-0.2, -0.15) is 4.31 Å². The van der Waals surface area contributed by atoms with Crippen molar-refractivity contribution in [3.63, 3.8) is 0 Å². The van der Waals surface area contributed by atoms with Crippen molar-refractivity contribution in [3.05, 3.63) is 50.6 Å². The van der Waals surface area contributed by atoms with Crippen LogP contribution in [0.1, 0.15) is 6.42 Å². The van der Waals surface area contributed by atoms with Crippen LogP contribution in [0.25, 0.3) is 0 Å². The van der Waals surface area contributed by atoms with Gasteiger partial charge < -0.3 is 4.74 Å². The predicted octanol–water partition coefficient (Wildman–Crippen LogP) is 0.995. The molecule has 12 heteroatoms. The van der Waals surface area contributed by atoms with E-state index < -0.39 is 48.2 Å². The third-order valence-corrected chi connectivity index (χ3v) is 5.49. The highest BCUT2D eigenvalue weighted by molar-refractivity contribution is 7.89. The topological polar surface area (TPSA) is 150 Å². The zero-order chi connectivity index (χ0) is 18.8. The number of nitrogens with zero attached hydrogens (tertiary/aromatic N) is 3. The highest BCUT2D eigenvalue weighted by Gasteiger charge is 2.40. The maximum absolute atomic E-state index is 12.8. The minimum absolute atomic E-state index is 0.0483. The zero-order valence-electron chi connectivity index (χ0n) is 12.9. The summed E-state index contributed by atoms with van der Waals surface area (Å²) in [5.74, 6) is -0.808. The molecule has 11 nitrogen and oxygen atoms in total. The molecule has 0 spiro atoms. The number of methoxy groups -OCH3 is 1. The Balaban J connectivity index is 2.58. The average Bonchev–Trinajstić information content (AvgIpc) is 2.60. The van der Waals surface area contributed by atoms with E-state index in [0.29, 0.717) is 6.07 Å². The number of rotatable bonds is 5. The molecule has 0 radical (unpaired) electrons. The number of nitro benzene ring substituents is 2. The molecule has 25 heavy (non-hydrogen) atoms.